The monoisotopic (exact) mass is 465 g/mol. The lowest BCUT2D eigenvalue weighted by Crippen LogP contribution is -2.32. The Morgan fingerprint density at radius 1 is 1.19 bits per heavy atom. The van der Waals surface area contributed by atoms with Gasteiger partial charge in [0.2, 0.25) is 11.8 Å². The van der Waals surface area contributed by atoms with Gasteiger partial charge in [-0.1, -0.05) is 31.5 Å². The number of anilines is 1. The van der Waals surface area contributed by atoms with Crippen LogP contribution in [0, 0.1) is 0 Å². The van der Waals surface area contributed by atoms with Gasteiger partial charge >= 0.3 is 0 Å². The van der Waals surface area contributed by atoms with Crippen LogP contribution in [0.3, 0.4) is 0 Å². The molecule has 0 aliphatic carbocycles. The summed E-state index contributed by atoms with van der Waals surface area (Å²) in [5.74, 6) is 1.03. The fourth-order valence-corrected chi connectivity index (χ4v) is 3.41. The standard InChI is InChI=1S/C24H20ClN3O3S/c1-14(2)15-6-9-21-20(12-15)26-23(31-21)16-5-8-18(25)19(13-16)27-24(32)28-22(29)10-7-17-4-3-11-30-17/h3-14H,1-2H3,(H2,27,28,29,32)/b10-7+. The Kier molecular flexibility index (Phi) is 6.39. The highest BCUT2D eigenvalue weighted by molar-refractivity contribution is 7.80. The summed E-state index contributed by atoms with van der Waals surface area (Å²) in [4.78, 5) is 16.7. The molecule has 0 unspecified atom stereocenters. The summed E-state index contributed by atoms with van der Waals surface area (Å²) in [6, 6.07) is 14.8. The second-order valence-electron chi connectivity index (χ2n) is 7.39. The Morgan fingerprint density at radius 3 is 2.78 bits per heavy atom. The number of fused-ring (bicyclic) bond motifs is 1. The molecule has 0 aliphatic heterocycles. The SMILES string of the molecule is CC(C)c1ccc2oc(-c3ccc(Cl)c(NC(=S)NC(=O)/C=C/c4ccco4)c3)nc2c1. The smallest absolute Gasteiger partial charge is 0.250 e. The average Bonchev–Trinajstić information content (AvgIpc) is 3.42. The summed E-state index contributed by atoms with van der Waals surface area (Å²) in [5.41, 5.74) is 3.94. The van der Waals surface area contributed by atoms with E-state index in [1.54, 1.807) is 30.3 Å². The Morgan fingerprint density at radius 2 is 2.03 bits per heavy atom. The van der Waals surface area contributed by atoms with Crippen LogP contribution in [0.5, 0.6) is 0 Å². The first kappa shape index (κ1) is 21.8. The topological polar surface area (TPSA) is 80.3 Å². The van der Waals surface area contributed by atoms with Gasteiger partial charge in [-0.05, 0) is 72.2 Å². The molecule has 4 aromatic rings. The number of carbonyl (C=O) groups excluding carboxylic acids is 1. The molecule has 2 aromatic carbocycles. The fraction of sp³-hybridized carbons (Fsp3) is 0.125. The van der Waals surface area contributed by atoms with E-state index < -0.39 is 5.91 Å². The third-order valence-corrected chi connectivity index (χ3v) is 5.25. The summed E-state index contributed by atoms with van der Waals surface area (Å²) in [7, 11) is 0. The number of aromatic nitrogens is 1. The summed E-state index contributed by atoms with van der Waals surface area (Å²) in [5, 5.41) is 6.06. The molecule has 1 amide bonds. The fourth-order valence-electron chi connectivity index (χ4n) is 3.03. The molecule has 8 heteroatoms. The number of furan rings is 1. The lowest BCUT2D eigenvalue weighted by molar-refractivity contribution is -0.115. The van der Waals surface area contributed by atoms with Gasteiger partial charge in [-0.2, -0.15) is 0 Å². The van der Waals surface area contributed by atoms with Gasteiger partial charge in [0.05, 0.1) is 17.0 Å². The van der Waals surface area contributed by atoms with Crippen LogP contribution in [-0.2, 0) is 4.79 Å². The summed E-state index contributed by atoms with van der Waals surface area (Å²) < 4.78 is 11.1. The number of carbonyl (C=O) groups is 1. The van der Waals surface area contributed by atoms with Gasteiger partial charge in [0.25, 0.3) is 0 Å². The molecule has 4 rings (SSSR count). The van der Waals surface area contributed by atoms with Gasteiger partial charge in [0.15, 0.2) is 10.7 Å². The average molecular weight is 466 g/mol. The molecule has 0 fully saturated rings. The van der Waals surface area contributed by atoms with Crippen LogP contribution >= 0.6 is 23.8 Å². The normalized spacial score (nSPS) is 11.4. The molecule has 2 aromatic heterocycles. The first-order chi connectivity index (χ1) is 15.4. The van der Waals surface area contributed by atoms with Crippen molar-refractivity contribution in [2.45, 2.75) is 19.8 Å². The molecule has 32 heavy (non-hydrogen) atoms. The van der Waals surface area contributed by atoms with Gasteiger partial charge in [0, 0.05) is 11.6 Å². The van der Waals surface area contributed by atoms with E-state index in [4.69, 9.17) is 32.7 Å². The Hall–Kier alpha value is -3.42. The Labute approximate surface area is 195 Å². The number of halogens is 1. The zero-order valence-electron chi connectivity index (χ0n) is 17.4. The molecule has 162 valence electrons. The molecule has 0 saturated heterocycles. The van der Waals surface area contributed by atoms with Crippen molar-refractivity contribution in [3.05, 3.63) is 77.2 Å². The van der Waals surface area contributed by atoms with Crippen molar-refractivity contribution >= 4 is 57.7 Å². The molecule has 0 spiro atoms. The lowest BCUT2D eigenvalue weighted by Gasteiger charge is -2.10. The van der Waals surface area contributed by atoms with E-state index in [0.29, 0.717) is 33.9 Å². The number of nitrogens with one attached hydrogen (secondary N) is 2. The van der Waals surface area contributed by atoms with Crippen LogP contribution in [0.4, 0.5) is 5.69 Å². The highest BCUT2D eigenvalue weighted by Gasteiger charge is 2.13. The molecule has 0 atom stereocenters. The molecular weight excluding hydrogens is 446 g/mol. The number of amides is 1. The maximum Gasteiger partial charge on any atom is 0.250 e. The van der Waals surface area contributed by atoms with Crippen LogP contribution in [0.2, 0.25) is 5.02 Å². The first-order valence-corrected chi connectivity index (χ1v) is 10.7. The minimum Gasteiger partial charge on any atom is -0.465 e. The number of nitrogens with zero attached hydrogens (tertiary/aromatic N) is 1. The molecule has 0 bridgehead atoms. The van der Waals surface area contributed by atoms with Crippen molar-refractivity contribution in [1.82, 2.24) is 10.3 Å². The Bertz CT molecular complexity index is 1310. The molecule has 2 N–H and O–H groups in total. The second kappa shape index (κ2) is 9.38. The zero-order chi connectivity index (χ0) is 22.7. The van der Waals surface area contributed by atoms with E-state index in [0.717, 1.165) is 11.1 Å². The number of benzene rings is 2. The number of thiocarbonyl (C=S) groups is 1. The third-order valence-electron chi connectivity index (χ3n) is 4.72. The highest BCUT2D eigenvalue weighted by atomic mass is 35.5. The molecule has 0 radical (unpaired) electrons. The van der Waals surface area contributed by atoms with E-state index >= 15 is 0 Å². The van der Waals surface area contributed by atoms with E-state index in [-0.39, 0.29) is 5.11 Å². The number of oxazole rings is 1. The maximum absolute atomic E-state index is 12.1. The largest absolute Gasteiger partial charge is 0.465 e. The van der Waals surface area contributed by atoms with Crippen LogP contribution in [0.15, 0.2) is 69.7 Å². The third kappa shape index (κ3) is 5.07. The minimum absolute atomic E-state index is 0.109. The lowest BCUT2D eigenvalue weighted by atomic mass is 10.0. The summed E-state index contributed by atoms with van der Waals surface area (Å²) >= 11 is 11.6. The van der Waals surface area contributed by atoms with Crippen LogP contribution in [0.25, 0.3) is 28.6 Å². The molecule has 0 saturated carbocycles. The van der Waals surface area contributed by atoms with Crippen LogP contribution in [-0.4, -0.2) is 16.0 Å². The predicted octanol–water partition coefficient (Wildman–Crippen LogP) is 6.39. The van der Waals surface area contributed by atoms with Gasteiger partial charge in [-0.25, -0.2) is 4.98 Å². The van der Waals surface area contributed by atoms with E-state index in [9.17, 15) is 4.79 Å². The van der Waals surface area contributed by atoms with Crippen molar-refractivity contribution in [3.8, 4) is 11.5 Å². The number of hydrogen-bond acceptors (Lipinski definition) is 5. The first-order valence-electron chi connectivity index (χ1n) is 9.93. The maximum atomic E-state index is 12.1. The highest BCUT2D eigenvalue weighted by Crippen LogP contribution is 2.31. The quantitative estimate of drug-likeness (QED) is 0.262. The summed E-state index contributed by atoms with van der Waals surface area (Å²) in [6.45, 7) is 4.27. The number of rotatable bonds is 5. The zero-order valence-corrected chi connectivity index (χ0v) is 19.0. The van der Waals surface area contributed by atoms with Crippen molar-refractivity contribution < 1.29 is 13.6 Å². The number of hydrogen-bond donors (Lipinski definition) is 2. The van der Waals surface area contributed by atoms with Gasteiger partial charge in [-0.3, -0.25) is 10.1 Å². The van der Waals surface area contributed by atoms with Crippen LogP contribution in [0.1, 0.15) is 31.1 Å². The van der Waals surface area contributed by atoms with Crippen molar-refractivity contribution in [3.63, 3.8) is 0 Å². The van der Waals surface area contributed by atoms with Crippen LogP contribution < -0.4 is 10.6 Å². The molecule has 6 nitrogen and oxygen atoms in total. The van der Waals surface area contributed by atoms with E-state index in [2.05, 4.69) is 29.5 Å². The molecule has 0 aliphatic rings. The Balaban J connectivity index is 1.49. The van der Waals surface area contributed by atoms with Crippen molar-refractivity contribution in [2.24, 2.45) is 0 Å². The van der Waals surface area contributed by atoms with Gasteiger partial charge in [0.1, 0.15) is 11.3 Å². The molecular formula is C24H20ClN3O3S. The van der Waals surface area contributed by atoms with Crippen molar-refractivity contribution in [2.75, 3.05) is 5.32 Å². The predicted molar refractivity (Wildman–Crippen MR) is 131 cm³/mol. The summed E-state index contributed by atoms with van der Waals surface area (Å²) in [6.07, 6.45) is 4.40. The molecule has 2 heterocycles. The van der Waals surface area contributed by atoms with Gasteiger partial charge < -0.3 is 14.2 Å². The van der Waals surface area contributed by atoms with Gasteiger partial charge in [-0.15, -0.1) is 0 Å². The minimum atomic E-state index is -0.397. The van der Waals surface area contributed by atoms with Crippen molar-refractivity contribution in [1.29, 1.82) is 0 Å². The van der Waals surface area contributed by atoms with E-state index in [1.807, 2.05) is 24.3 Å². The second-order valence-corrected chi connectivity index (χ2v) is 8.20. The van der Waals surface area contributed by atoms with E-state index in [1.165, 1.54) is 17.9 Å².